The summed E-state index contributed by atoms with van der Waals surface area (Å²) in [4.78, 5) is 11.6. The van der Waals surface area contributed by atoms with Crippen LogP contribution in [0.2, 0.25) is 4.34 Å². The number of ether oxygens (including phenoxy) is 1. The van der Waals surface area contributed by atoms with E-state index in [2.05, 4.69) is 5.32 Å². The van der Waals surface area contributed by atoms with E-state index in [1.807, 2.05) is 19.1 Å². The van der Waals surface area contributed by atoms with Crippen molar-refractivity contribution in [1.29, 1.82) is 0 Å². The summed E-state index contributed by atoms with van der Waals surface area (Å²) in [7, 11) is 1.49. The zero-order valence-corrected chi connectivity index (χ0v) is 13.2. The van der Waals surface area contributed by atoms with Gasteiger partial charge >= 0.3 is 0 Å². The predicted molar refractivity (Wildman–Crippen MR) is 84.2 cm³/mol. The van der Waals surface area contributed by atoms with Gasteiger partial charge in [0.15, 0.2) is 0 Å². The number of hydrogen-bond acceptors (Lipinski definition) is 5. The molecule has 0 saturated heterocycles. The van der Waals surface area contributed by atoms with E-state index >= 15 is 0 Å². The lowest BCUT2D eigenvalue weighted by atomic mass is 10.1. The second-order valence-electron chi connectivity index (χ2n) is 4.54. The molecule has 0 fully saturated rings. The normalized spacial score (nSPS) is 12.1. The van der Waals surface area contributed by atoms with Crippen LogP contribution < -0.4 is 10.1 Å². The standard InChI is InChI=1S/C14H15ClN2O3S/c1-9(13-3-4-14(15)21-13)16-8-10-5-11(17(18)19)7-12(6-10)20-2/h3-7,9,16H,8H2,1-2H3. The summed E-state index contributed by atoms with van der Waals surface area (Å²) in [5.74, 6) is 0.479. The lowest BCUT2D eigenvalue weighted by molar-refractivity contribution is -0.385. The highest BCUT2D eigenvalue weighted by molar-refractivity contribution is 7.16. The van der Waals surface area contributed by atoms with E-state index in [-0.39, 0.29) is 11.7 Å². The Morgan fingerprint density at radius 3 is 2.76 bits per heavy atom. The van der Waals surface area contributed by atoms with Gasteiger partial charge in [0.2, 0.25) is 0 Å². The van der Waals surface area contributed by atoms with Crippen LogP contribution in [0.25, 0.3) is 0 Å². The summed E-state index contributed by atoms with van der Waals surface area (Å²) in [5.41, 5.74) is 0.827. The van der Waals surface area contributed by atoms with Gasteiger partial charge in [-0.1, -0.05) is 11.6 Å². The van der Waals surface area contributed by atoms with Crippen LogP contribution in [0.4, 0.5) is 5.69 Å². The summed E-state index contributed by atoms with van der Waals surface area (Å²) < 4.78 is 5.84. The highest BCUT2D eigenvalue weighted by atomic mass is 35.5. The minimum absolute atomic E-state index is 0.0259. The fourth-order valence-electron chi connectivity index (χ4n) is 1.90. The average molecular weight is 327 g/mol. The minimum Gasteiger partial charge on any atom is -0.496 e. The van der Waals surface area contributed by atoms with Crippen molar-refractivity contribution in [3.8, 4) is 5.75 Å². The van der Waals surface area contributed by atoms with Crippen molar-refractivity contribution in [2.24, 2.45) is 0 Å². The van der Waals surface area contributed by atoms with Crippen molar-refractivity contribution in [3.05, 3.63) is 55.2 Å². The van der Waals surface area contributed by atoms with E-state index in [1.54, 1.807) is 12.1 Å². The molecule has 0 aliphatic heterocycles. The number of non-ortho nitro benzene ring substituents is 1. The monoisotopic (exact) mass is 326 g/mol. The first-order valence-corrected chi connectivity index (χ1v) is 7.50. The van der Waals surface area contributed by atoms with E-state index in [1.165, 1.54) is 24.5 Å². The number of hydrogen-bond donors (Lipinski definition) is 1. The molecule has 2 aromatic rings. The Hall–Kier alpha value is -1.63. The van der Waals surface area contributed by atoms with Crippen molar-refractivity contribution >= 4 is 28.6 Å². The summed E-state index contributed by atoms with van der Waals surface area (Å²) in [5, 5.41) is 14.2. The molecule has 21 heavy (non-hydrogen) atoms. The number of rotatable bonds is 6. The molecule has 0 bridgehead atoms. The minimum atomic E-state index is -0.422. The average Bonchev–Trinajstić information content (AvgIpc) is 2.91. The molecule has 1 heterocycles. The summed E-state index contributed by atoms with van der Waals surface area (Å²) in [6.45, 7) is 2.53. The Labute approximate surface area is 131 Å². The molecule has 112 valence electrons. The first-order chi connectivity index (χ1) is 9.99. The van der Waals surface area contributed by atoms with Crippen molar-refractivity contribution < 1.29 is 9.66 Å². The number of nitrogens with one attached hydrogen (secondary N) is 1. The number of benzene rings is 1. The molecular weight excluding hydrogens is 312 g/mol. The molecule has 1 aromatic heterocycles. The van der Waals surface area contributed by atoms with E-state index in [9.17, 15) is 10.1 Å². The van der Waals surface area contributed by atoms with Gasteiger partial charge in [-0.3, -0.25) is 10.1 Å². The van der Waals surface area contributed by atoms with Gasteiger partial charge in [0.1, 0.15) is 5.75 Å². The predicted octanol–water partition coefficient (Wildman–Crippen LogP) is 4.17. The molecule has 5 nitrogen and oxygen atoms in total. The Balaban J connectivity index is 2.08. The van der Waals surface area contributed by atoms with Crippen molar-refractivity contribution in [2.75, 3.05) is 7.11 Å². The largest absolute Gasteiger partial charge is 0.496 e. The molecule has 1 atom stereocenters. The molecule has 1 N–H and O–H groups in total. The Bertz CT molecular complexity index is 645. The maximum Gasteiger partial charge on any atom is 0.273 e. The van der Waals surface area contributed by atoms with Crippen LogP contribution in [0.1, 0.15) is 23.4 Å². The molecular formula is C14H15ClN2O3S. The van der Waals surface area contributed by atoms with Crippen LogP contribution in [0.3, 0.4) is 0 Å². The van der Waals surface area contributed by atoms with Crippen LogP contribution >= 0.6 is 22.9 Å². The molecule has 1 aromatic carbocycles. The molecule has 2 rings (SSSR count). The zero-order valence-electron chi connectivity index (χ0n) is 11.6. The molecule has 1 unspecified atom stereocenters. The van der Waals surface area contributed by atoms with E-state index < -0.39 is 4.92 Å². The molecule has 0 spiro atoms. The Kier molecular flexibility index (Phi) is 5.17. The first-order valence-electron chi connectivity index (χ1n) is 6.30. The lowest BCUT2D eigenvalue weighted by Gasteiger charge is -2.12. The fourth-order valence-corrected chi connectivity index (χ4v) is 2.99. The van der Waals surface area contributed by atoms with Crippen LogP contribution in [0.15, 0.2) is 30.3 Å². The van der Waals surface area contributed by atoms with Crippen LogP contribution in [0, 0.1) is 10.1 Å². The molecule has 0 saturated carbocycles. The molecule has 7 heteroatoms. The topological polar surface area (TPSA) is 64.4 Å². The molecule has 0 aliphatic rings. The molecule has 0 radical (unpaired) electrons. The lowest BCUT2D eigenvalue weighted by Crippen LogP contribution is -2.17. The zero-order chi connectivity index (χ0) is 15.4. The number of thiophene rings is 1. The SMILES string of the molecule is COc1cc(CNC(C)c2ccc(Cl)s2)cc([N+](=O)[O-])c1. The maximum atomic E-state index is 10.9. The third kappa shape index (κ3) is 4.17. The van der Waals surface area contributed by atoms with Gasteiger partial charge in [0, 0.05) is 23.5 Å². The molecule has 0 amide bonds. The van der Waals surface area contributed by atoms with Crippen molar-refractivity contribution in [3.63, 3.8) is 0 Å². The highest BCUT2D eigenvalue weighted by Gasteiger charge is 2.12. The van der Waals surface area contributed by atoms with Gasteiger partial charge in [-0.2, -0.15) is 0 Å². The highest BCUT2D eigenvalue weighted by Crippen LogP contribution is 2.27. The van der Waals surface area contributed by atoms with Gasteiger partial charge in [0.25, 0.3) is 5.69 Å². The van der Waals surface area contributed by atoms with Gasteiger partial charge < -0.3 is 10.1 Å². The van der Waals surface area contributed by atoms with Crippen molar-refractivity contribution in [1.82, 2.24) is 5.32 Å². The Morgan fingerprint density at radius 2 is 2.19 bits per heavy atom. The Morgan fingerprint density at radius 1 is 1.43 bits per heavy atom. The number of methoxy groups -OCH3 is 1. The van der Waals surface area contributed by atoms with Crippen LogP contribution in [-0.4, -0.2) is 12.0 Å². The van der Waals surface area contributed by atoms with Crippen LogP contribution in [-0.2, 0) is 6.54 Å². The quantitative estimate of drug-likeness (QED) is 0.639. The van der Waals surface area contributed by atoms with E-state index in [4.69, 9.17) is 16.3 Å². The van der Waals surface area contributed by atoms with E-state index in [0.717, 1.165) is 14.8 Å². The van der Waals surface area contributed by atoms with E-state index in [0.29, 0.717) is 12.3 Å². The number of nitro groups is 1. The van der Waals surface area contributed by atoms with Gasteiger partial charge in [-0.25, -0.2) is 0 Å². The summed E-state index contributed by atoms with van der Waals surface area (Å²) in [6, 6.07) is 8.69. The summed E-state index contributed by atoms with van der Waals surface area (Å²) >= 11 is 7.43. The third-order valence-corrected chi connectivity index (χ3v) is 4.44. The third-order valence-electron chi connectivity index (χ3n) is 3.03. The smallest absolute Gasteiger partial charge is 0.273 e. The fraction of sp³-hybridized carbons (Fsp3) is 0.286. The van der Waals surface area contributed by atoms with Gasteiger partial charge in [-0.15, -0.1) is 11.3 Å². The van der Waals surface area contributed by atoms with Crippen LogP contribution in [0.5, 0.6) is 5.75 Å². The summed E-state index contributed by atoms with van der Waals surface area (Å²) in [6.07, 6.45) is 0. The second kappa shape index (κ2) is 6.89. The van der Waals surface area contributed by atoms with Gasteiger partial charge in [0.05, 0.1) is 22.4 Å². The number of halogens is 1. The number of nitrogens with zero attached hydrogens (tertiary/aromatic N) is 1. The molecule has 0 aliphatic carbocycles. The second-order valence-corrected chi connectivity index (χ2v) is 6.29. The maximum absolute atomic E-state index is 10.9. The van der Waals surface area contributed by atoms with Crippen molar-refractivity contribution in [2.45, 2.75) is 19.5 Å². The number of nitro benzene ring substituents is 1. The van der Waals surface area contributed by atoms with Gasteiger partial charge in [-0.05, 0) is 30.7 Å². The first kappa shape index (κ1) is 15.8.